The van der Waals surface area contributed by atoms with Crippen LogP contribution < -0.4 is 10.1 Å². The fraction of sp³-hybridized carbons (Fsp3) is 0.368. The quantitative estimate of drug-likeness (QED) is 0.727. The van der Waals surface area contributed by atoms with Gasteiger partial charge >= 0.3 is 0 Å². The lowest BCUT2D eigenvalue weighted by Gasteiger charge is -2.25. The zero-order chi connectivity index (χ0) is 15.8. The number of benzene rings is 2. The number of aliphatic hydroxyl groups is 1. The standard InChI is InChI=1S/C19H25NO2/c1-3-4-14-20-18(15-10-12-17(22-2)13-11-15)19(21)16-8-6-5-7-9-16/h5-13,18-21H,3-4,14H2,1-2H3. The van der Waals surface area contributed by atoms with Crippen LogP contribution in [0.4, 0.5) is 0 Å². The van der Waals surface area contributed by atoms with E-state index in [0.29, 0.717) is 0 Å². The number of hydrogen-bond acceptors (Lipinski definition) is 3. The van der Waals surface area contributed by atoms with Gasteiger partial charge in [0.25, 0.3) is 0 Å². The van der Waals surface area contributed by atoms with Crippen LogP contribution in [0.25, 0.3) is 0 Å². The van der Waals surface area contributed by atoms with Crippen molar-refractivity contribution in [3.05, 3.63) is 65.7 Å². The summed E-state index contributed by atoms with van der Waals surface area (Å²) in [5.74, 6) is 0.824. The highest BCUT2D eigenvalue weighted by Gasteiger charge is 2.22. The highest BCUT2D eigenvalue weighted by Crippen LogP contribution is 2.29. The number of unbranched alkanes of at least 4 members (excludes halogenated alkanes) is 1. The highest BCUT2D eigenvalue weighted by atomic mass is 16.5. The molecule has 0 spiro atoms. The Labute approximate surface area is 133 Å². The van der Waals surface area contributed by atoms with Gasteiger partial charge in [-0.25, -0.2) is 0 Å². The van der Waals surface area contributed by atoms with Crippen molar-refractivity contribution >= 4 is 0 Å². The summed E-state index contributed by atoms with van der Waals surface area (Å²) in [5, 5.41) is 14.2. The number of hydrogen-bond donors (Lipinski definition) is 2. The van der Waals surface area contributed by atoms with E-state index in [2.05, 4.69) is 12.2 Å². The van der Waals surface area contributed by atoms with E-state index in [1.165, 1.54) is 0 Å². The van der Waals surface area contributed by atoms with E-state index in [1.807, 2.05) is 54.6 Å². The first kappa shape index (κ1) is 16.5. The Bertz CT molecular complexity index is 539. The molecule has 0 radical (unpaired) electrons. The molecule has 0 saturated carbocycles. The first-order valence-electron chi connectivity index (χ1n) is 7.86. The molecule has 2 aromatic carbocycles. The highest BCUT2D eigenvalue weighted by molar-refractivity contribution is 5.31. The smallest absolute Gasteiger partial charge is 0.118 e. The minimum Gasteiger partial charge on any atom is -0.497 e. The van der Waals surface area contributed by atoms with Crippen molar-refractivity contribution in [3.63, 3.8) is 0 Å². The van der Waals surface area contributed by atoms with Crippen molar-refractivity contribution in [2.75, 3.05) is 13.7 Å². The van der Waals surface area contributed by atoms with Crippen molar-refractivity contribution in [1.29, 1.82) is 0 Å². The third-order valence-corrected chi connectivity index (χ3v) is 3.83. The van der Waals surface area contributed by atoms with Crippen LogP contribution in [0.2, 0.25) is 0 Å². The molecule has 2 unspecified atom stereocenters. The Morgan fingerprint density at radius 3 is 2.27 bits per heavy atom. The fourth-order valence-electron chi connectivity index (χ4n) is 2.50. The van der Waals surface area contributed by atoms with Crippen LogP contribution >= 0.6 is 0 Å². The van der Waals surface area contributed by atoms with Crippen molar-refractivity contribution in [2.24, 2.45) is 0 Å². The lowest BCUT2D eigenvalue weighted by atomic mass is 9.95. The zero-order valence-corrected chi connectivity index (χ0v) is 13.3. The van der Waals surface area contributed by atoms with Gasteiger partial charge in [-0.1, -0.05) is 55.8 Å². The molecule has 0 bridgehead atoms. The van der Waals surface area contributed by atoms with Crippen LogP contribution in [0.15, 0.2) is 54.6 Å². The van der Waals surface area contributed by atoms with E-state index < -0.39 is 6.10 Å². The predicted molar refractivity (Wildman–Crippen MR) is 90.0 cm³/mol. The van der Waals surface area contributed by atoms with Gasteiger partial charge in [0.05, 0.1) is 19.3 Å². The Hall–Kier alpha value is -1.84. The molecule has 0 aromatic heterocycles. The number of methoxy groups -OCH3 is 1. The Morgan fingerprint density at radius 1 is 1.00 bits per heavy atom. The summed E-state index contributed by atoms with van der Waals surface area (Å²) in [6.07, 6.45) is 1.64. The van der Waals surface area contributed by atoms with Crippen LogP contribution in [-0.2, 0) is 0 Å². The normalized spacial score (nSPS) is 13.6. The second kappa shape index (κ2) is 8.57. The minimum atomic E-state index is -0.577. The first-order valence-corrected chi connectivity index (χ1v) is 7.86. The Balaban J connectivity index is 2.20. The Kier molecular flexibility index (Phi) is 6.44. The zero-order valence-electron chi connectivity index (χ0n) is 13.3. The van der Waals surface area contributed by atoms with Crippen LogP contribution in [0.1, 0.15) is 43.0 Å². The molecular weight excluding hydrogens is 274 g/mol. The third-order valence-electron chi connectivity index (χ3n) is 3.83. The largest absolute Gasteiger partial charge is 0.497 e. The summed E-state index contributed by atoms with van der Waals surface area (Å²) in [5.41, 5.74) is 1.99. The van der Waals surface area contributed by atoms with Crippen molar-refractivity contribution in [1.82, 2.24) is 5.32 Å². The molecule has 0 saturated heterocycles. The summed E-state index contributed by atoms with van der Waals surface area (Å²) in [6, 6.07) is 17.5. The number of aliphatic hydroxyl groups excluding tert-OH is 1. The lowest BCUT2D eigenvalue weighted by Crippen LogP contribution is -2.28. The van der Waals surface area contributed by atoms with E-state index in [9.17, 15) is 5.11 Å². The summed E-state index contributed by atoms with van der Waals surface area (Å²) in [7, 11) is 1.66. The molecule has 0 amide bonds. The van der Waals surface area contributed by atoms with Gasteiger partial charge in [-0.2, -0.15) is 0 Å². The van der Waals surface area contributed by atoms with Crippen LogP contribution in [0.3, 0.4) is 0 Å². The average molecular weight is 299 g/mol. The number of rotatable bonds is 8. The van der Waals surface area contributed by atoms with Crippen LogP contribution in [0, 0.1) is 0 Å². The molecule has 22 heavy (non-hydrogen) atoms. The van der Waals surface area contributed by atoms with Gasteiger partial charge in [-0.05, 0) is 36.2 Å². The number of nitrogens with one attached hydrogen (secondary N) is 1. The fourth-order valence-corrected chi connectivity index (χ4v) is 2.50. The monoisotopic (exact) mass is 299 g/mol. The molecule has 0 fully saturated rings. The van der Waals surface area contributed by atoms with Crippen LogP contribution in [-0.4, -0.2) is 18.8 Å². The maximum absolute atomic E-state index is 10.8. The summed E-state index contributed by atoms with van der Waals surface area (Å²) < 4.78 is 5.21. The maximum atomic E-state index is 10.8. The van der Waals surface area contributed by atoms with Gasteiger partial charge in [0.15, 0.2) is 0 Å². The van der Waals surface area contributed by atoms with Gasteiger partial charge in [-0.15, -0.1) is 0 Å². The predicted octanol–water partition coefficient (Wildman–Crippen LogP) is 3.86. The van der Waals surface area contributed by atoms with Crippen molar-refractivity contribution in [3.8, 4) is 5.75 Å². The van der Waals surface area contributed by atoms with Gasteiger partial charge in [0.2, 0.25) is 0 Å². The topological polar surface area (TPSA) is 41.5 Å². The average Bonchev–Trinajstić information content (AvgIpc) is 2.59. The third kappa shape index (κ3) is 4.33. The molecule has 0 heterocycles. The van der Waals surface area contributed by atoms with Crippen molar-refractivity contribution < 1.29 is 9.84 Å². The lowest BCUT2D eigenvalue weighted by molar-refractivity contribution is 0.128. The maximum Gasteiger partial charge on any atom is 0.118 e. The second-order valence-electron chi connectivity index (χ2n) is 5.41. The first-order chi connectivity index (χ1) is 10.8. The van der Waals surface area contributed by atoms with Crippen LogP contribution in [0.5, 0.6) is 5.75 Å². The molecule has 2 N–H and O–H groups in total. The molecule has 3 heteroatoms. The molecule has 0 aliphatic heterocycles. The van der Waals surface area contributed by atoms with Crippen molar-refractivity contribution in [2.45, 2.75) is 31.9 Å². The van der Waals surface area contributed by atoms with E-state index in [4.69, 9.17) is 4.74 Å². The minimum absolute atomic E-state index is 0.125. The van der Waals surface area contributed by atoms with Gasteiger partial charge in [-0.3, -0.25) is 0 Å². The molecular formula is C19H25NO2. The summed E-state index contributed by atoms with van der Waals surface area (Å²) >= 11 is 0. The van der Waals surface area contributed by atoms with Gasteiger partial charge in [0, 0.05) is 0 Å². The van der Waals surface area contributed by atoms with E-state index in [-0.39, 0.29) is 6.04 Å². The SMILES string of the molecule is CCCCNC(c1ccc(OC)cc1)C(O)c1ccccc1. The molecule has 118 valence electrons. The van der Waals surface area contributed by atoms with E-state index in [1.54, 1.807) is 7.11 Å². The molecule has 0 aliphatic carbocycles. The van der Waals surface area contributed by atoms with Gasteiger partial charge in [0.1, 0.15) is 5.75 Å². The van der Waals surface area contributed by atoms with Gasteiger partial charge < -0.3 is 15.2 Å². The number of ether oxygens (including phenoxy) is 1. The second-order valence-corrected chi connectivity index (χ2v) is 5.41. The molecule has 3 nitrogen and oxygen atoms in total. The summed E-state index contributed by atoms with van der Waals surface area (Å²) in [4.78, 5) is 0. The molecule has 2 atom stereocenters. The van der Waals surface area contributed by atoms with E-state index in [0.717, 1.165) is 36.3 Å². The molecule has 0 aliphatic rings. The summed E-state index contributed by atoms with van der Waals surface area (Å²) in [6.45, 7) is 3.05. The van der Waals surface area contributed by atoms with E-state index >= 15 is 0 Å². The Morgan fingerprint density at radius 2 is 1.68 bits per heavy atom. The molecule has 2 aromatic rings. The molecule has 2 rings (SSSR count).